The zero-order valence-corrected chi connectivity index (χ0v) is 12.4. The van der Waals surface area contributed by atoms with Crippen molar-refractivity contribution in [3.05, 3.63) is 71.6 Å². The summed E-state index contributed by atoms with van der Waals surface area (Å²) < 4.78 is 13.6. The van der Waals surface area contributed by atoms with Gasteiger partial charge in [0.15, 0.2) is 0 Å². The molecule has 3 aromatic rings. The first kappa shape index (κ1) is 14.7. The molecular formula is C18H13FN4. The molecule has 0 saturated carbocycles. The van der Waals surface area contributed by atoms with Gasteiger partial charge in [-0.2, -0.15) is 0 Å². The first-order valence-electron chi connectivity index (χ1n) is 6.95. The van der Waals surface area contributed by atoms with Crippen LogP contribution in [0.25, 0.3) is 27.2 Å². The molecule has 4 nitrogen and oxygen atoms in total. The number of anilines is 1. The summed E-state index contributed by atoms with van der Waals surface area (Å²) in [6.45, 7) is 9.11. The monoisotopic (exact) mass is 304 g/mol. The van der Waals surface area contributed by atoms with E-state index < -0.39 is 0 Å². The zero-order valence-electron chi connectivity index (χ0n) is 12.4. The van der Waals surface area contributed by atoms with Crippen molar-refractivity contribution in [1.29, 1.82) is 0 Å². The molecule has 0 aliphatic carbocycles. The summed E-state index contributed by atoms with van der Waals surface area (Å²) in [7, 11) is 0. The van der Waals surface area contributed by atoms with E-state index in [1.165, 1.54) is 12.1 Å². The molecule has 1 aromatic carbocycles. The van der Waals surface area contributed by atoms with Crippen LogP contribution in [-0.4, -0.2) is 9.97 Å². The second kappa shape index (κ2) is 5.85. The van der Waals surface area contributed by atoms with Crippen molar-refractivity contribution in [2.24, 2.45) is 0 Å². The minimum absolute atomic E-state index is 0.128. The maximum atomic E-state index is 13.6. The molecule has 112 valence electrons. The number of nitrogens with zero attached hydrogens (tertiary/aromatic N) is 3. The van der Waals surface area contributed by atoms with Crippen LogP contribution < -0.4 is 5.73 Å². The molecule has 0 saturated heterocycles. The number of pyridine rings is 2. The van der Waals surface area contributed by atoms with E-state index in [4.69, 9.17) is 12.3 Å². The van der Waals surface area contributed by atoms with Crippen LogP contribution in [0.1, 0.15) is 5.69 Å². The number of halogens is 1. The normalized spacial score (nSPS) is 10.3. The lowest BCUT2D eigenvalue weighted by Gasteiger charge is -2.12. The molecule has 2 aromatic heterocycles. The molecule has 23 heavy (non-hydrogen) atoms. The van der Waals surface area contributed by atoms with Crippen LogP contribution in [0.3, 0.4) is 0 Å². The Labute approximate surface area is 133 Å². The Morgan fingerprint density at radius 3 is 2.61 bits per heavy atom. The highest BCUT2D eigenvalue weighted by atomic mass is 19.1. The van der Waals surface area contributed by atoms with Crippen LogP contribution in [0.2, 0.25) is 0 Å². The number of rotatable bonds is 2. The van der Waals surface area contributed by atoms with Crippen LogP contribution in [0, 0.1) is 19.3 Å². The van der Waals surface area contributed by atoms with Crippen LogP contribution in [0.5, 0.6) is 0 Å². The van der Waals surface area contributed by atoms with Crippen LogP contribution in [0.15, 0.2) is 48.7 Å². The van der Waals surface area contributed by atoms with Crippen molar-refractivity contribution in [2.75, 3.05) is 5.73 Å². The maximum absolute atomic E-state index is 13.6. The minimum atomic E-state index is -0.356. The van der Waals surface area contributed by atoms with Gasteiger partial charge in [-0.3, -0.25) is 4.98 Å². The van der Waals surface area contributed by atoms with Crippen LogP contribution in [-0.2, 0) is 0 Å². The quantitative estimate of drug-likeness (QED) is 0.714. The van der Waals surface area contributed by atoms with Crippen LogP contribution in [0.4, 0.5) is 15.9 Å². The van der Waals surface area contributed by atoms with Crippen molar-refractivity contribution >= 4 is 11.5 Å². The van der Waals surface area contributed by atoms with Gasteiger partial charge in [0.05, 0.1) is 12.3 Å². The van der Waals surface area contributed by atoms with Crippen molar-refractivity contribution in [2.45, 2.75) is 6.92 Å². The maximum Gasteiger partial charge on any atom is 0.228 e. The molecule has 0 unspecified atom stereocenters. The smallest absolute Gasteiger partial charge is 0.228 e. The number of nitrogen functional groups attached to an aromatic ring is 1. The molecule has 0 aliphatic rings. The van der Waals surface area contributed by atoms with E-state index in [2.05, 4.69) is 14.8 Å². The van der Waals surface area contributed by atoms with E-state index >= 15 is 0 Å². The predicted molar refractivity (Wildman–Crippen MR) is 88.3 cm³/mol. The van der Waals surface area contributed by atoms with Gasteiger partial charge in [-0.05, 0) is 36.8 Å². The Morgan fingerprint density at radius 2 is 1.96 bits per heavy atom. The summed E-state index contributed by atoms with van der Waals surface area (Å²) in [5.74, 6) is -0.229. The Hall–Kier alpha value is -3.26. The van der Waals surface area contributed by atoms with Gasteiger partial charge in [0, 0.05) is 23.0 Å². The fourth-order valence-electron chi connectivity index (χ4n) is 2.31. The molecular weight excluding hydrogens is 291 g/mol. The van der Waals surface area contributed by atoms with Gasteiger partial charge in [-0.25, -0.2) is 14.2 Å². The molecule has 0 bridgehead atoms. The number of hydrogen-bond acceptors (Lipinski definition) is 3. The molecule has 0 amide bonds. The van der Waals surface area contributed by atoms with Gasteiger partial charge in [0.25, 0.3) is 0 Å². The summed E-state index contributed by atoms with van der Waals surface area (Å²) in [6.07, 6.45) is 1.71. The molecule has 3 rings (SSSR count). The van der Waals surface area contributed by atoms with Gasteiger partial charge in [-0.15, -0.1) is 0 Å². The van der Waals surface area contributed by atoms with Gasteiger partial charge < -0.3 is 5.73 Å². The molecule has 0 aliphatic heterocycles. The average molecular weight is 304 g/mol. The van der Waals surface area contributed by atoms with Crippen molar-refractivity contribution < 1.29 is 4.39 Å². The number of aromatic nitrogens is 2. The number of nitrogens with two attached hydrogens (primary N) is 1. The van der Waals surface area contributed by atoms with Crippen molar-refractivity contribution in [3.8, 4) is 22.4 Å². The Bertz CT molecular complexity index is 911. The second-order valence-electron chi connectivity index (χ2n) is 5.10. The van der Waals surface area contributed by atoms with E-state index in [0.29, 0.717) is 16.8 Å². The summed E-state index contributed by atoms with van der Waals surface area (Å²) in [4.78, 5) is 12.0. The minimum Gasteiger partial charge on any atom is -0.392 e. The van der Waals surface area contributed by atoms with Crippen molar-refractivity contribution in [1.82, 2.24) is 9.97 Å². The van der Waals surface area contributed by atoms with E-state index in [-0.39, 0.29) is 17.3 Å². The lowest BCUT2D eigenvalue weighted by molar-refractivity contribution is 0.628. The van der Waals surface area contributed by atoms with Crippen molar-refractivity contribution in [3.63, 3.8) is 0 Å². The Kier molecular flexibility index (Phi) is 3.73. The fraction of sp³-hybridized carbons (Fsp3) is 0.0556. The topological polar surface area (TPSA) is 56.2 Å². The summed E-state index contributed by atoms with van der Waals surface area (Å²) in [6, 6.07) is 11.6. The predicted octanol–water partition coefficient (Wildman–Crippen LogP) is 4.39. The SMILES string of the molecule is [C-]#[N+]c1cc(-c2ccc(C)nc2)c(-c2cccc(F)c2)nc1N. The highest BCUT2D eigenvalue weighted by molar-refractivity contribution is 5.86. The molecule has 0 atom stereocenters. The molecule has 2 heterocycles. The third kappa shape index (κ3) is 2.87. The zero-order chi connectivity index (χ0) is 16.4. The fourth-order valence-corrected chi connectivity index (χ4v) is 2.31. The molecule has 0 radical (unpaired) electrons. The van der Waals surface area contributed by atoms with Gasteiger partial charge in [-0.1, -0.05) is 18.2 Å². The standard InChI is InChI=1S/C18H13FN4/c1-11-6-7-13(10-22-11)15-9-16(21-2)18(20)23-17(15)12-4-3-5-14(19)8-12/h3-10H,1H3,(H2,20,23). The average Bonchev–Trinajstić information content (AvgIpc) is 2.55. The third-order valence-electron chi connectivity index (χ3n) is 3.47. The molecule has 5 heteroatoms. The Morgan fingerprint density at radius 1 is 1.13 bits per heavy atom. The lowest BCUT2D eigenvalue weighted by Crippen LogP contribution is -1.97. The highest BCUT2D eigenvalue weighted by Crippen LogP contribution is 2.36. The van der Waals surface area contributed by atoms with Gasteiger partial charge in [0.1, 0.15) is 11.6 Å². The van der Waals surface area contributed by atoms with E-state index in [0.717, 1.165) is 11.3 Å². The molecule has 0 spiro atoms. The van der Waals surface area contributed by atoms with Crippen LogP contribution >= 0.6 is 0 Å². The van der Waals surface area contributed by atoms with Gasteiger partial charge in [0.2, 0.25) is 5.69 Å². The largest absolute Gasteiger partial charge is 0.392 e. The first-order chi connectivity index (χ1) is 11.1. The Balaban J connectivity index is 2.28. The van der Waals surface area contributed by atoms with E-state index in [1.54, 1.807) is 24.4 Å². The van der Waals surface area contributed by atoms with Gasteiger partial charge >= 0.3 is 0 Å². The van der Waals surface area contributed by atoms with E-state index in [9.17, 15) is 4.39 Å². The number of hydrogen-bond donors (Lipinski definition) is 1. The molecule has 0 fully saturated rings. The molecule has 2 N–H and O–H groups in total. The second-order valence-corrected chi connectivity index (χ2v) is 5.10. The highest BCUT2D eigenvalue weighted by Gasteiger charge is 2.14. The number of aryl methyl sites for hydroxylation is 1. The lowest BCUT2D eigenvalue weighted by atomic mass is 9.99. The summed E-state index contributed by atoms with van der Waals surface area (Å²) >= 11 is 0. The summed E-state index contributed by atoms with van der Waals surface area (Å²) in [5.41, 5.74) is 9.62. The summed E-state index contributed by atoms with van der Waals surface area (Å²) in [5, 5.41) is 0. The number of benzene rings is 1. The third-order valence-corrected chi connectivity index (χ3v) is 3.47. The first-order valence-corrected chi connectivity index (χ1v) is 6.95. The van der Waals surface area contributed by atoms with E-state index in [1.807, 2.05) is 19.1 Å².